The highest BCUT2D eigenvalue weighted by Crippen LogP contribution is 2.11. The van der Waals surface area contributed by atoms with Crippen molar-refractivity contribution >= 4 is 11.6 Å². The van der Waals surface area contributed by atoms with Gasteiger partial charge in [0.05, 0.1) is 18.4 Å². The first-order chi connectivity index (χ1) is 9.26. The summed E-state index contributed by atoms with van der Waals surface area (Å²) < 4.78 is 1.68. The lowest BCUT2D eigenvalue weighted by molar-refractivity contribution is 0.906. The third-order valence-corrected chi connectivity index (χ3v) is 2.86. The zero-order chi connectivity index (χ0) is 13.2. The maximum Gasteiger partial charge on any atom is 0.254 e. The van der Waals surface area contributed by atoms with Crippen molar-refractivity contribution in [2.24, 2.45) is 0 Å². The number of hydrogen-bond acceptors (Lipinski definition) is 5. The lowest BCUT2D eigenvalue weighted by Gasteiger charge is -2.07. The molecule has 0 saturated heterocycles. The van der Waals surface area contributed by atoms with E-state index in [2.05, 4.69) is 37.3 Å². The summed E-state index contributed by atoms with van der Waals surface area (Å²) in [7, 11) is 0. The number of H-pyrrole nitrogens is 1. The molecule has 0 amide bonds. The van der Waals surface area contributed by atoms with Gasteiger partial charge in [0.2, 0.25) is 0 Å². The first kappa shape index (κ1) is 11.6. The van der Waals surface area contributed by atoms with E-state index in [1.54, 1.807) is 4.52 Å². The van der Waals surface area contributed by atoms with E-state index in [0.29, 0.717) is 12.3 Å². The molecule has 0 radical (unpaired) electrons. The van der Waals surface area contributed by atoms with Crippen LogP contribution in [0.15, 0.2) is 18.6 Å². The van der Waals surface area contributed by atoms with Gasteiger partial charge in [-0.1, -0.05) is 6.92 Å². The minimum Gasteiger partial charge on any atom is -0.364 e. The van der Waals surface area contributed by atoms with Gasteiger partial charge >= 0.3 is 0 Å². The highest BCUT2D eigenvalue weighted by atomic mass is 15.3. The standard InChI is InChI=1S/C12H15N7/c1-3-10-13-5-9(18-10)6-14-11-4-8(2)17-12-15-7-16-19(11)12/h4-5,7,14H,3,6H2,1-2H3,(H,13,18). The summed E-state index contributed by atoms with van der Waals surface area (Å²) in [6.07, 6.45) is 4.25. The number of nitrogens with zero attached hydrogens (tertiary/aromatic N) is 5. The Kier molecular flexibility index (Phi) is 2.86. The van der Waals surface area contributed by atoms with Gasteiger partial charge in [0.25, 0.3) is 5.78 Å². The number of aromatic amines is 1. The van der Waals surface area contributed by atoms with E-state index in [-0.39, 0.29) is 0 Å². The van der Waals surface area contributed by atoms with Gasteiger partial charge in [-0.15, -0.1) is 0 Å². The summed E-state index contributed by atoms with van der Waals surface area (Å²) in [5.41, 5.74) is 1.95. The molecule has 7 nitrogen and oxygen atoms in total. The number of aromatic nitrogens is 6. The molecule has 3 aromatic heterocycles. The van der Waals surface area contributed by atoms with Crippen molar-refractivity contribution in [3.05, 3.63) is 35.8 Å². The monoisotopic (exact) mass is 257 g/mol. The second-order valence-electron chi connectivity index (χ2n) is 4.32. The van der Waals surface area contributed by atoms with Gasteiger partial charge in [-0.2, -0.15) is 14.6 Å². The molecule has 0 aliphatic rings. The van der Waals surface area contributed by atoms with Crippen molar-refractivity contribution in [2.75, 3.05) is 5.32 Å². The second kappa shape index (κ2) is 4.68. The summed E-state index contributed by atoms with van der Waals surface area (Å²) >= 11 is 0. The van der Waals surface area contributed by atoms with Gasteiger partial charge in [-0.05, 0) is 6.92 Å². The van der Waals surface area contributed by atoms with E-state index in [1.165, 1.54) is 6.33 Å². The average molecular weight is 257 g/mol. The summed E-state index contributed by atoms with van der Waals surface area (Å²) in [5, 5.41) is 7.47. The van der Waals surface area contributed by atoms with Crippen LogP contribution in [-0.2, 0) is 13.0 Å². The minimum atomic E-state index is 0.598. The molecule has 0 aliphatic heterocycles. The number of rotatable bonds is 4. The Hall–Kier alpha value is -2.44. The van der Waals surface area contributed by atoms with Crippen LogP contribution in [0.25, 0.3) is 5.78 Å². The van der Waals surface area contributed by atoms with Gasteiger partial charge in [0, 0.05) is 18.2 Å². The lowest BCUT2D eigenvalue weighted by atomic mass is 10.4. The van der Waals surface area contributed by atoms with Crippen LogP contribution in [0.2, 0.25) is 0 Å². The van der Waals surface area contributed by atoms with Gasteiger partial charge in [-0.3, -0.25) is 0 Å². The summed E-state index contributed by atoms with van der Waals surface area (Å²) in [6.45, 7) is 4.66. The molecule has 3 aromatic rings. The van der Waals surface area contributed by atoms with Crippen molar-refractivity contribution < 1.29 is 0 Å². The molecule has 19 heavy (non-hydrogen) atoms. The summed E-state index contributed by atoms with van der Waals surface area (Å²) in [6, 6.07) is 1.94. The molecule has 0 atom stereocenters. The fraction of sp³-hybridized carbons (Fsp3) is 0.333. The van der Waals surface area contributed by atoms with E-state index in [0.717, 1.165) is 29.5 Å². The van der Waals surface area contributed by atoms with Gasteiger partial charge in [0.1, 0.15) is 18.0 Å². The maximum absolute atomic E-state index is 4.30. The highest BCUT2D eigenvalue weighted by molar-refractivity contribution is 5.44. The first-order valence-corrected chi connectivity index (χ1v) is 6.20. The molecule has 98 valence electrons. The fourth-order valence-corrected chi connectivity index (χ4v) is 1.92. The molecule has 0 bridgehead atoms. The van der Waals surface area contributed by atoms with Crippen molar-refractivity contribution in [1.29, 1.82) is 0 Å². The van der Waals surface area contributed by atoms with Crippen LogP contribution in [0, 0.1) is 6.92 Å². The average Bonchev–Trinajstić information content (AvgIpc) is 3.03. The number of fused-ring (bicyclic) bond motifs is 1. The van der Waals surface area contributed by atoms with Crippen molar-refractivity contribution in [3.8, 4) is 0 Å². The van der Waals surface area contributed by atoms with Gasteiger partial charge in [-0.25, -0.2) is 9.97 Å². The van der Waals surface area contributed by atoms with Crippen LogP contribution >= 0.6 is 0 Å². The Morgan fingerprint density at radius 1 is 1.37 bits per heavy atom. The fourth-order valence-electron chi connectivity index (χ4n) is 1.92. The molecular formula is C12H15N7. The SMILES string of the molecule is CCc1ncc(CNc2cc(C)nc3ncnn23)[nH]1. The molecule has 0 aromatic carbocycles. The van der Waals surface area contributed by atoms with Crippen LogP contribution in [0.5, 0.6) is 0 Å². The molecule has 3 heterocycles. The van der Waals surface area contributed by atoms with Crippen LogP contribution < -0.4 is 5.32 Å². The molecule has 0 fully saturated rings. The molecule has 3 rings (SSSR count). The zero-order valence-electron chi connectivity index (χ0n) is 10.9. The van der Waals surface area contributed by atoms with Crippen molar-refractivity contribution in [1.82, 2.24) is 29.5 Å². The Balaban J connectivity index is 1.83. The van der Waals surface area contributed by atoms with Gasteiger partial charge in [0.15, 0.2) is 0 Å². The van der Waals surface area contributed by atoms with E-state index < -0.39 is 0 Å². The van der Waals surface area contributed by atoms with E-state index in [4.69, 9.17) is 0 Å². The van der Waals surface area contributed by atoms with Crippen LogP contribution in [0.1, 0.15) is 24.1 Å². The molecule has 0 saturated carbocycles. The Bertz CT molecular complexity index is 697. The topological polar surface area (TPSA) is 83.8 Å². The Labute approximate surface area is 110 Å². The zero-order valence-corrected chi connectivity index (χ0v) is 10.9. The van der Waals surface area contributed by atoms with Crippen molar-refractivity contribution in [3.63, 3.8) is 0 Å². The van der Waals surface area contributed by atoms with Crippen LogP contribution in [0.4, 0.5) is 5.82 Å². The largest absolute Gasteiger partial charge is 0.364 e. The number of nitrogens with one attached hydrogen (secondary N) is 2. The quantitative estimate of drug-likeness (QED) is 0.736. The van der Waals surface area contributed by atoms with Crippen LogP contribution in [-0.4, -0.2) is 29.5 Å². The van der Waals surface area contributed by atoms with E-state index in [9.17, 15) is 0 Å². The Morgan fingerprint density at radius 2 is 2.26 bits per heavy atom. The second-order valence-corrected chi connectivity index (χ2v) is 4.32. The van der Waals surface area contributed by atoms with E-state index >= 15 is 0 Å². The smallest absolute Gasteiger partial charge is 0.254 e. The maximum atomic E-state index is 4.30. The normalized spacial score (nSPS) is 11.1. The van der Waals surface area contributed by atoms with Crippen molar-refractivity contribution in [2.45, 2.75) is 26.8 Å². The Morgan fingerprint density at radius 3 is 3.05 bits per heavy atom. The molecule has 0 aliphatic carbocycles. The molecule has 2 N–H and O–H groups in total. The number of imidazole rings is 1. The first-order valence-electron chi connectivity index (χ1n) is 6.20. The molecule has 0 unspecified atom stereocenters. The van der Waals surface area contributed by atoms with E-state index in [1.807, 2.05) is 19.2 Å². The van der Waals surface area contributed by atoms with Gasteiger partial charge < -0.3 is 10.3 Å². The lowest BCUT2D eigenvalue weighted by Crippen LogP contribution is -2.07. The summed E-state index contributed by atoms with van der Waals surface area (Å²) in [5.74, 6) is 2.46. The number of hydrogen-bond donors (Lipinski definition) is 2. The highest BCUT2D eigenvalue weighted by Gasteiger charge is 2.06. The molecule has 7 heteroatoms. The molecule has 0 spiro atoms. The predicted octanol–water partition coefficient (Wildman–Crippen LogP) is 1.33. The minimum absolute atomic E-state index is 0.598. The number of aryl methyl sites for hydroxylation is 2. The predicted molar refractivity (Wildman–Crippen MR) is 70.8 cm³/mol. The molecular weight excluding hydrogens is 242 g/mol. The summed E-state index contributed by atoms with van der Waals surface area (Å²) in [4.78, 5) is 15.9. The third-order valence-electron chi connectivity index (χ3n) is 2.86. The third kappa shape index (κ3) is 2.26. The number of anilines is 1. The van der Waals surface area contributed by atoms with Crippen LogP contribution in [0.3, 0.4) is 0 Å².